The summed E-state index contributed by atoms with van der Waals surface area (Å²) in [6, 6.07) is 0. The van der Waals surface area contributed by atoms with Crippen molar-refractivity contribution in [3.8, 4) is 0 Å². The molecule has 1 N–H and O–H groups in total. The summed E-state index contributed by atoms with van der Waals surface area (Å²) in [5.41, 5.74) is 0. The normalized spacial score (nSPS) is 10.0. The number of rotatable bonds is 9. The van der Waals surface area contributed by atoms with Crippen molar-refractivity contribution in [2.24, 2.45) is 0 Å². The maximum Gasteiger partial charge on any atom is 0.0319 e. The predicted molar refractivity (Wildman–Crippen MR) is 73.0 cm³/mol. The maximum atomic E-state index is 7.00. The molecule has 0 aliphatic rings. The van der Waals surface area contributed by atoms with Crippen LogP contribution in [0, 0.1) is 0 Å². The first kappa shape index (κ1) is 18.1. The van der Waals surface area contributed by atoms with Gasteiger partial charge in [0.2, 0.25) is 0 Å². The topological polar surface area (TPSA) is 20.2 Å². The van der Waals surface area contributed by atoms with Crippen LogP contribution in [0.3, 0.4) is 0 Å². The van der Waals surface area contributed by atoms with Gasteiger partial charge in [-0.3, -0.25) is 0 Å². The van der Waals surface area contributed by atoms with Crippen LogP contribution in [0.15, 0.2) is 0 Å². The third kappa shape index (κ3) is 14.8. The Morgan fingerprint density at radius 2 is 0.933 bits per heavy atom. The molecule has 0 aromatic heterocycles. The third-order valence-corrected chi connectivity index (χ3v) is 11.7. The van der Waals surface area contributed by atoms with Crippen LogP contribution < -0.4 is 0 Å². The van der Waals surface area contributed by atoms with E-state index in [0.717, 1.165) is 7.11 Å². The Hall–Kier alpha value is 0.759. The van der Waals surface area contributed by atoms with E-state index in [1.165, 1.54) is 38.5 Å². The quantitative estimate of drug-likeness (QED) is 0.620. The molecule has 0 aromatic rings. The molecule has 0 amide bonds. The van der Waals surface area contributed by atoms with Crippen LogP contribution in [0.4, 0.5) is 0 Å². The molecule has 0 spiro atoms. The van der Waals surface area contributed by atoms with E-state index in [1.807, 2.05) is 0 Å². The zero-order valence-corrected chi connectivity index (χ0v) is 14.2. The Morgan fingerprint density at radius 3 is 1.13 bits per heavy atom. The van der Waals surface area contributed by atoms with Gasteiger partial charge in [0.25, 0.3) is 0 Å². The molecule has 1 radical (unpaired) electrons. The van der Waals surface area contributed by atoms with E-state index in [0.29, 0.717) is 0 Å². The monoisotopic (exact) mass is 323 g/mol. The fraction of sp³-hybridized carbons (Fsp3) is 1.00. The van der Waals surface area contributed by atoms with Crippen molar-refractivity contribution < 1.29 is 5.11 Å². The summed E-state index contributed by atoms with van der Waals surface area (Å²) in [6.45, 7) is 7.00. The van der Waals surface area contributed by atoms with Gasteiger partial charge in [-0.15, -0.1) is 0 Å². The number of hydrogen-bond acceptors (Lipinski definition) is 1. The second-order valence-corrected chi connectivity index (χ2v) is 12.6. The standard InChI is InChI=1S/3C4H9.CH4O.Sn/c3*1-3-4-2;1-2;/h3*1,3-4H2,2H3;2H,1H3;. The van der Waals surface area contributed by atoms with Crippen molar-refractivity contribution in [2.75, 3.05) is 7.11 Å². The third-order valence-electron chi connectivity index (χ3n) is 2.65. The van der Waals surface area contributed by atoms with Gasteiger partial charge in [0.1, 0.15) is 0 Å². The number of hydrogen-bond donors (Lipinski definition) is 1. The van der Waals surface area contributed by atoms with Gasteiger partial charge in [-0.1, -0.05) is 0 Å². The molecule has 0 aliphatic heterocycles. The molecule has 1 nitrogen and oxygen atoms in total. The SMILES string of the molecule is CCC[CH2][Sn]([CH2]CCC)[CH2]CCC.CO. The van der Waals surface area contributed by atoms with E-state index in [2.05, 4.69) is 20.8 Å². The average molecular weight is 322 g/mol. The van der Waals surface area contributed by atoms with E-state index >= 15 is 0 Å². The van der Waals surface area contributed by atoms with Crippen molar-refractivity contribution >= 4 is 19.8 Å². The molecule has 0 fully saturated rings. The number of unbranched alkanes of at least 4 members (excludes halogenated alkanes) is 3. The minimum absolute atomic E-state index is 0.839. The Bertz CT molecular complexity index is 77.5. The molecule has 93 valence electrons. The Labute approximate surface area is 104 Å². The summed E-state index contributed by atoms with van der Waals surface area (Å²) in [6.07, 6.45) is 8.85. The summed E-state index contributed by atoms with van der Waals surface area (Å²) in [5.74, 6) is 0. The van der Waals surface area contributed by atoms with Crippen molar-refractivity contribution in [3.63, 3.8) is 0 Å². The van der Waals surface area contributed by atoms with Gasteiger partial charge in [0, 0.05) is 7.11 Å². The van der Waals surface area contributed by atoms with Crippen molar-refractivity contribution in [1.82, 2.24) is 0 Å². The molecule has 0 saturated heterocycles. The molecule has 0 aliphatic carbocycles. The van der Waals surface area contributed by atoms with Gasteiger partial charge in [-0.25, -0.2) is 0 Å². The van der Waals surface area contributed by atoms with Gasteiger partial charge >= 0.3 is 92.4 Å². The van der Waals surface area contributed by atoms with Gasteiger partial charge in [-0.05, 0) is 0 Å². The van der Waals surface area contributed by atoms with E-state index in [1.54, 1.807) is 13.3 Å². The van der Waals surface area contributed by atoms with Crippen LogP contribution in [0.2, 0.25) is 13.3 Å². The Balaban J connectivity index is 0. The minimum Gasteiger partial charge on any atom is -0.400 e. The van der Waals surface area contributed by atoms with E-state index in [4.69, 9.17) is 5.11 Å². The number of aliphatic hydroxyl groups is 1. The Morgan fingerprint density at radius 1 is 0.667 bits per heavy atom. The van der Waals surface area contributed by atoms with Crippen LogP contribution in [0.5, 0.6) is 0 Å². The van der Waals surface area contributed by atoms with Gasteiger partial charge < -0.3 is 5.11 Å². The number of aliphatic hydroxyl groups excluding tert-OH is 1. The maximum absolute atomic E-state index is 7.00. The molecule has 0 aromatic carbocycles. The summed E-state index contributed by atoms with van der Waals surface area (Å²) >= 11 is -0.839. The molecule has 0 atom stereocenters. The average Bonchev–Trinajstić information content (AvgIpc) is 2.31. The fourth-order valence-electron chi connectivity index (χ4n) is 1.66. The first-order valence-corrected chi connectivity index (χ1v) is 12.7. The molecular formula is C13H31OSn. The fourth-order valence-corrected chi connectivity index (χ4v) is 11.1. The van der Waals surface area contributed by atoms with Crippen molar-refractivity contribution in [3.05, 3.63) is 0 Å². The minimum atomic E-state index is -0.839. The summed E-state index contributed by atoms with van der Waals surface area (Å²) in [5, 5.41) is 7.00. The van der Waals surface area contributed by atoms with Gasteiger partial charge in [0.05, 0.1) is 0 Å². The van der Waals surface area contributed by atoms with E-state index in [9.17, 15) is 0 Å². The van der Waals surface area contributed by atoms with Crippen molar-refractivity contribution in [2.45, 2.75) is 72.6 Å². The summed E-state index contributed by atoms with van der Waals surface area (Å²) in [7, 11) is 1.00. The first-order valence-electron chi connectivity index (χ1n) is 6.63. The molecule has 0 heterocycles. The van der Waals surface area contributed by atoms with Crippen LogP contribution in [-0.2, 0) is 0 Å². The second kappa shape index (κ2) is 17.2. The zero-order valence-electron chi connectivity index (χ0n) is 11.3. The van der Waals surface area contributed by atoms with Crippen LogP contribution in [0.25, 0.3) is 0 Å². The molecule has 0 bridgehead atoms. The molecular weight excluding hydrogens is 291 g/mol. The van der Waals surface area contributed by atoms with Crippen LogP contribution in [-0.4, -0.2) is 32.0 Å². The molecule has 0 rings (SSSR count). The molecule has 0 unspecified atom stereocenters. The first-order chi connectivity index (χ1) is 7.35. The van der Waals surface area contributed by atoms with Crippen LogP contribution >= 0.6 is 0 Å². The zero-order chi connectivity index (χ0) is 11.9. The second-order valence-electron chi connectivity index (χ2n) is 4.06. The summed E-state index contributed by atoms with van der Waals surface area (Å²) in [4.78, 5) is 0. The van der Waals surface area contributed by atoms with Crippen molar-refractivity contribution in [1.29, 1.82) is 0 Å². The van der Waals surface area contributed by atoms with E-state index < -0.39 is 19.8 Å². The molecule has 0 saturated carbocycles. The largest absolute Gasteiger partial charge is 0.400 e. The van der Waals surface area contributed by atoms with Crippen LogP contribution in [0.1, 0.15) is 59.3 Å². The summed E-state index contributed by atoms with van der Waals surface area (Å²) < 4.78 is 5.04. The smallest absolute Gasteiger partial charge is 0.0319 e. The molecule has 15 heavy (non-hydrogen) atoms. The van der Waals surface area contributed by atoms with E-state index in [-0.39, 0.29) is 0 Å². The Kier molecular flexibility index (Phi) is 20.7. The molecule has 2 heteroatoms. The van der Waals surface area contributed by atoms with Gasteiger partial charge in [0.15, 0.2) is 0 Å². The van der Waals surface area contributed by atoms with Gasteiger partial charge in [-0.2, -0.15) is 0 Å². The predicted octanol–water partition coefficient (Wildman–Crippen LogP) is 4.49.